The van der Waals surface area contributed by atoms with E-state index in [0.29, 0.717) is 6.04 Å². The minimum Gasteiger partial charge on any atom is -0.312 e. The zero-order valence-electron chi connectivity index (χ0n) is 11.4. The summed E-state index contributed by atoms with van der Waals surface area (Å²) < 4.78 is 3.57. The first kappa shape index (κ1) is 14.0. The Labute approximate surface area is 104 Å². The van der Waals surface area contributed by atoms with Crippen LogP contribution in [0.4, 0.5) is 0 Å². The quantitative estimate of drug-likeness (QED) is 0.790. The van der Waals surface area contributed by atoms with E-state index < -0.39 is 0 Å². The van der Waals surface area contributed by atoms with Gasteiger partial charge >= 0.3 is 5.69 Å². The van der Waals surface area contributed by atoms with Crippen molar-refractivity contribution in [2.45, 2.75) is 59.2 Å². The summed E-state index contributed by atoms with van der Waals surface area (Å²) in [6.07, 6.45) is 5.93. The van der Waals surface area contributed by atoms with Crippen LogP contribution in [0.5, 0.6) is 0 Å². The van der Waals surface area contributed by atoms with Crippen LogP contribution in [-0.4, -0.2) is 21.7 Å². The minimum absolute atomic E-state index is 0.0942. The van der Waals surface area contributed by atoms with Gasteiger partial charge in [-0.2, -0.15) is 0 Å². The molecule has 4 nitrogen and oxygen atoms in total. The molecule has 0 amide bonds. The van der Waals surface area contributed by atoms with Crippen LogP contribution in [-0.2, 0) is 6.54 Å². The Morgan fingerprint density at radius 3 is 2.47 bits per heavy atom. The fourth-order valence-corrected chi connectivity index (χ4v) is 1.88. The van der Waals surface area contributed by atoms with Gasteiger partial charge in [-0.05, 0) is 33.2 Å². The lowest BCUT2D eigenvalue weighted by Gasteiger charge is -2.16. The zero-order valence-corrected chi connectivity index (χ0v) is 11.4. The van der Waals surface area contributed by atoms with Crippen molar-refractivity contribution in [2.75, 3.05) is 6.54 Å². The van der Waals surface area contributed by atoms with Crippen LogP contribution in [0.25, 0.3) is 0 Å². The highest BCUT2D eigenvalue weighted by Gasteiger charge is 2.10. The molecular weight excluding hydrogens is 214 g/mol. The van der Waals surface area contributed by atoms with Crippen molar-refractivity contribution < 1.29 is 0 Å². The third kappa shape index (κ3) is 3.73. The highest BCUT2D eigenvalue weighted by molar-refractivity contribution is 4.85. The van der Waals surface area contributed by atoms with Crippen LogP contribution >= 0.6 is 0 Å². The molecule has 0 spiro atoms. The van der Waals surface area contributed by atoms with E-state index in [9.17, 15) is 4.79 Å². The average molecular weight is 239 g/mol. The predicted octanol–water partition coefficient (Wildman–Crippen LogP) is 2.01. The van der Waals surface area contributed by atoms with E-state index in [4.69, 9.17) is 0 Å². The Hall–Kier alpha value is -1.03. The molecule has 1 N–H and O–H groups in total. The van der Waals surface area contributed by atoms with Gasteiger partial charge in [0.1, 0.15) is 0 Å². The normalized spacial score (nSPS) is 13.2. The molecule has 0 fully saturated rings. The van der Waals surface area contributed by atoms with E-state index in [0.717, 1.165) is 25.9 Å². The Morgan fingerprint density at radius 1 is 1.29 bits per heavy atom. The third-order valence-electron chi connectivity index (χ3n) is 3.02. The first-order valence-electron chi connectivity index (χ1n) is 6.60. The molecule has 0 saturated heterocycles. The Morgan fingerprint density at radius 2 is 2.00 bits per heavy atom. The average Bonchev–Trinajstić information content (AvgIpc) is 2.66. The van der Waals surface area contributed by atoms with Crippen molar-refractivity contribution in [2.24, 2.45) is 0 Å². The number of imidazole rings is 1. The summed E-state index contributed by atoms with van der Waals surface area (Å²) in [6.45, 7) is 10.1. The summed E-state index contributed by atoms with van der Waals surface area (Å²) >= 11 is 0. The number of hydrogen-bond acceptors (Lipinski definition) is 2. The van der Waals surface area contributed by atoms with Crippen molar-refractivity contribution in [3.63, 3.8) is 0 Å². The fraction of sp³-hybridized carbons (Fsp3) is 0.769. The summed E-state index contributed by atoms with van der Waals surface area (Å²) in [5.41, 5.74) is 0.0942. The molecular formula is C13H25N3O. The smallest absolute Gasteiger partial charge is 0.312 e. The molecule has 1 atom stereocenters. The molecule has 0 aliphatic rings. The maximum Gasteiger partial charge on any atom is 0.328 e. The van der Waals surface area contributed by atoms with Crippen LogP contribution in [0.1, 0.15) is 46.6 Å². The summed E-state index contributed by atoms with van der Waals surface area (Å²) in [5.74, 6) is 0. The Balaban J connectivity index is 2.70. The van der Waals surface area contributed by atoms with Gasteiger partial charge in [0, 0.05) is 31.0 Å². The van der Waals surface area contributed by atoms with Gasteiger partial charge in [-0.15, -0.1) is 0 Å². The highest BCUT2D eigenvalue weighted by Crippen LogP contribution is 2.01. The van der Waals surface area contributed by atoms with E-state index >= 15 is 0 Å². The molecule has 0 saturated carbocycles. The molecule has 17 heavy (non-hydrogen) atoms. The number of nitrogens with one attached hydrogen (secondary N) is 1. The topological polar surface area (TPSA) is 39.0 Å². The van der Waals surface area contributed by atoms with Gasteiger partial charge in [-0.1, -0.05) is 13.8 Å². The Kier molecular flexibility index (Phi) is 5.48. The van der Waals surface area contributed by atoms with E-state index in [1.807, 2.05) is 26.2 Å². The molecule has 1 unspecified atom stereocenters. The largest absolute Gasteiger partial charge is 0.328 e. The maximum atomic E-state index is 12.0. The molecule has 0 aromatic carbocycles. The van der Waals surface area contributed by atoms with E-state index in [1.54, 1.807) is 9.13 Å². The number of rotatable bonds is 7. The van der Waals surface area contributed by atoms with E-state index in [-0.39, 0.29) is 11.7 Å². The van der Waals surface area contributed by atoms with Gasteiger partial charge in [-0.3, -0.25) is 9.13 Å². The van der Waals surface area contributed by atoms with Gasteiger partial charge in [0.2, 0.25) is 0 Å². The number of aromatic nitrogens is 2. The van der Waals surface area contributed by atoms with Gasteiger partial charge in [0.05, 0.1) is 0 Å². The lowest BCUT2D eigenvalue weighted by atomic mass is 10.2. The van der Waals surface area contributed by atoms with Crippen LogP contribution in [0.15, 0.2) is 17.2 Å². The molecule has 98 valence electrons. The van der Waals surface area contributed by atoms with Crippen molar-refractivity contribution in [1.82, 2.24) is 14.5 Å². The van der Waals surface area contributed by atoms with Crippen molar-refractivity contribution in [1.29, 1.82) is 0 Å². The van der Waals surface area contributed by atoms with Gasteiger partial charge in [-0.25, -0.2) is 4.79 Å². The van der Waals surface area contributed by atoms with Crippen molar-refractivity contribution in [3.8, 4) is 0 Å². The van der Waals surface area contributed by atoms with E-state index in [2.05, 4.69) is 19.2 Å². The number of nitrogens with zero attached hydrogens (tertiary/aromatic N) is 2. The molecule has 0 bridgehead atoms. The molecule has 4 heteroatoms. The molecule has 1 aromatic rings. The monoisotopic (exact) mass is 239 g/mol. The summed E-state index contributed by atoms with van der Waals surface area (Å²) in [4.78, 5) is 12.0. The van der Waals surface area contributed by atoms with Gasteiger partial charge in [0.15, 0.2) is 0 Å². The lowest BCUT2D eigenvalue weighted by molar-refractivity contribution is 0.425. The first-order valence-corrected chi connectivity index (χ1v) is 6.60. The minimum atomic E-state index is 0.0942. The standard InChI is InChI=1S/C13H25N3O/c1-5-7-14-12(6-2)10-15-8-9-16(11(3)4)13(15)17/h8-9,11-12,14H,5-7,10H2,1-4H3. The second-order valence-corrected chi connectivity index (χ2v) is 4.79. The lowest BCUT2D eigenvalue weighted by Crippen LogP contribution is -2.37. The maximum absolute atomic E-state index is 12.0. The molecule has 0 aliphatic heterocycles. The Bertz CT molecular complexity index is 378. The second-order valence-electron chi connectivity index (χ2n) is 4.79. The highest BCUT2D eigenvalue weighted by atomic mass is 16.1. The summed E-state index contributed by atoms with van der Waals surface area (Å²) in [7, 11) is 0. The summed E-state index contributed by atoms with van der Waals surface area (Å²) in [6, 6.07) is 0.614. The van der Waals surface area contributed by atoms with Gasteiger partial charge < -0.3 is 5.32 Å². The predicted molar refractivity (Wildman–Crippen MR) is 71.4 cm³/mol. The zero-order chi connectivity index (χ0) is 12.8. The number of hydrogen-bond donors (Lipinski definition) is 1. The molecule has 0 aliphatic carbocycles. The fourth-order valence-electron chi connectivity index (χ4n) is 1.88. The van der Waals surface area contributed by atoms with E-state index in [1.165, 1.54) is 0 Å². The van der Waals surface area contributed by atoms with Crippen molar-refractivity contribution in [3.05, 3.63) is 22.9 Å². The summed E-state index contributed by atoms with van der Waals surface area (Å²) in [5, 5.41) is 3.46. The SMILES string of the molecule is CCCNC(CC)Cn1ccn(C(C)C)c1=O. The van der Waals surface area contributed by atoms with Crippen LogP contribution in [0.3, 0.4) is 0 Å². The molecule has 1 rings (SSSR count). The third-order valence-corrected chi connectivity index (χ3v) is 3.02. The first-order chi connectivity index (χ1) is 8.10. The molecule has 0 radical (unpaired) electrons. The van der Waals surface area contributed by atoms with Crippen LogP contribution in [0, 0.1) is 0 Å². The van der Waals surface area contributed by atoms with Crippen molar-refractivity contribution >= 4 is 0 Å². The van der Waals surface area contributed by atoms with Gasteiger partial charge in [0.25, 0.3) is 0 Å². The van der Waals surface area contributed by atoms with Crippen LogP contribution in [0.2, 0.25) is 0 Å². The second kappa shape index (κ2) is 6.64. The molecule has 1 heterocycles. The molecule has 1 aromatic heterocycles. The van der Waals surface area contributed by atoms with Crippen LogP contribution < -0.4 is 11.0 Å².